The van der Waals surface area contributed by atoms with Gasteiger partial charge in [0.1, 0.15) is 0 Å². The van der Waals surface area contributed by atoms with Crippen LogP contribution in [0.15, 0.2) is 41.8 Å². The number of fused-ring (bicyclic) bond motifs is 3. The van der Waals surface area contributed by atoms with E-state index in [1.165, 1.54) is 6.92 Å². The Bertz CT molecular complexity index is 1430. The summed E-state index contributed by atoms with van der Waals surface area (Å²) < 4.78 is 27.1. The van der Waals surface area contributed by atoms with Crippen molar-refractivity contribution in [1.82, 2.24) is 4.98 Å². The van der Waals surface area contributed by atoms with Crippen molar-refractivity contribution < 1.29 is 18.3 Å². The second kappa shape index (κ2) is 8.45. The smallest absolute Gasteiger partial charge is 0.257 e. The number of carbonyl (C=O) groups excluding carboxylic acids is 1. The van der Waals surface area contributed by atoms with Crippen LogP contribution in [0.25, 0.3) is 22.0 Å². The Morgan fingerprint density at radius 3 is 2.65 bits per heavy atom. The number of hydrogen-bond acceptors (Lipinski definition) is 4. The molecule has 0 fully saturated rings. The molecule has 0 unspecified atom stereocenters. The number of allylic oxidation sites excluding steroid dienone is 1. The van der Waals surface area contributed by atoms with Gasteiger partial charge in [0.05, 0.1) is 21.6 Å². The van der Waals surface area contributed by atoms with Crippen LogP contribution in [0.5, 0.6) is 0 Å². The van der Waals surface area contributed by atoms with Crippen molar-refractivity contribution in [2.24, 2.45) is 11.7 Å². The quantitative estimate of drug-likeness (QED) is 0.389. The van der Waals surface area contributed by atoms with Crippen LogP contribution in [0.1, 0.15) is 48.8 Å². The number of sulfonamides is 1. The molecule has 7 nitrogen and oxygen atoms in total. The number of benzene rings is 2. The Kier molecular flexibility index (Phi) is 6.04. The Morgan fingerprint density at radius 1 is 1.32 bits per heavy atom. The Balaban J connectivity index is 1.93. The first-order valence-electron chi connectivity index (χ1n) is 11.0. The predicted octanol–water partition coefficient (Wildman–Crippen LogP) is 4.74. The fourth-order valence-corrected chi connectivity index (χ4v) is 5.56. The first kappa shape index (κ1) is 24.3. The minimum atomic E-state index is -3.71. The number of H-pyrrole nitrogens is 1. The minimum Gasteiger partial charge on any atom is -0.390 e. The van der Waals surface area contributed by atoms with E-state index in [9.17, 15) is 18.3 Å². The van der Waals surface area contributed by atoms with Crippen molar-refractivity contribution in [2.75, 3.05) is 4.72 Å². The predicted molar refractivity (Wildman–Crippen MR) is 136 cm³/mol. The Morgan fingerprint density at radius 2 is 2.03 bits per heavy atom. The Labute approximate surface area is 204 Å². The number of nitrogens with two attached hydrogens (primary N) is 1. The van der Waals surface area contributed by atoms with Gasteiger partial charge in [-0.2, -0.15) is 0 Å². The van der Waals surface area contributed by atoms with E-state index >= 15 is 0 Å². The fraction of sp³-hybridized carbons (Fsp3) is 0.320. The molecule has 4 rings (SSSR count). The molecule has 0 bridgehead atoms. The highest BCUT2D eigenvalue weighted by Crippen LogP contribution is 2.44. The number of nitrogens with one attached hydrogen (secondary N) is 2. The van der Waals surface area contributed by atoms with Crippen molar-refractivity contribution in [2.45, 2.75) is 45.6 Å². The topological polar surface area (TPSA) is 125 Å². The standard InChI is InChI=1S/C25H28ClN3O4S/c1-13(2)34(32,33)29-16-7-5-6-14(10-16)21-19(26)12-18(24(27)30)23-22(21)17-9-8-15(25(3,4)31)11-20(17)28-23/h5-7,10,12,15,28-29,31H,1,8-9,11H2,2-4H3,(H2,27,30)/t15-/m1/s1. The molecule has 2 aromatic carbocycles. The van der Waals surface area contributed by atoms with E-state index in [1.807, 2.05) is 6.07 Å². The van der Waals surface area contributed by atoms with Gasteiger partial charge in [0.15, 0.2) is 0 Å². The second-order valence-corrected chi connectivity index (χ2v) is 11.8. The van der Waals surface area contributed by atoms with Gasteiger partial charge >= 0.3 is 0 Å². The summed E-state index contributed by atoms with van der Waals surface area (Å²) in [4.78, 5) is 15.6. The van der Waals surface area contributed by atoms with Gasteiger partial charge in [-0.15, -0.1) is 0 Å². The third kappa shape index (κ3) is 4.33. The van der Waals surface area contributed by atoms with Crippen LogP contribution in [-0.2, 0) is 22.9 Å². The molecule has 0 aliphatic heterocycles. The van der Waals surface area contributed by atoms with Crippen LogP contribution in [0, 0.1) is 5.92 Å². The molecular weight excluding hydrogens is 474 g/mol. The van der Waals surface area contributed by atoms with Crippen LogP contribution in [0.2, 0.25) is 5.02 Å². The summed E-state index contributed by atoms with van der Waals surface area (Å²) in [6.07, 6.45) is 2.10. The molecule has 1 heterocycles. The van der Waals surface area contributed by atoms with E-state index in [0.29, 0.717) is 40.2 Å². The fourth-order valence-electron chi connectivity index (χ4n) is 4.64. The number of aromatic amines is 1. The van der Waals surface area contributed by atoms with Crippen LogP contribution in [-0.4, -0.2) is 30.0 Å². The molecule has 34 heavy (non-hydrogen) atoms. The molecule has 0 saturated carbocycles. The van der Waals surface area contributed by atoms with Gasteiger partial charge in [0, 0.05) is 27.4 Å². The molecule has 1 aliphatic carbocycles. The highest BCUT2D eigenvalue weighted by Gasteiger charge is 2.33. The summed E-state index contributed by atoms with van der Waals surface area (Å²) in [6.45, 7) is 8.54. The zero-order chi connectivity index (χ0) is 25.0. The average Bonchev–Trinajstić information content (AvgIpc) is 3.10. The largest absolute Gasteiger partial charge is 0.390 e. The van der Waals surface area contributed by atoms with E-state index < -0.39 is 21.5 Å². The zero-order valence-electron chi connectivity index (χ0n) is 19.3. The van der Waals surface area contributed by atoms with Crippen molar-refractivity contribution in [1.29, 1.82) is 0 Å². The summed E-state index contributed by atoms with van der Waals surface area (Å²) in [5, 5.41) is 11.7. The number of primary amides is 1. The first-order valence-corrected chi connectivity index (χ1v) is 12.8. The third-order valence-electron chi connectivity index (χ3n) is 6.54. The molecule has 1 atom stereocenters. The average molecular weight is 502 g/mol. The van der Waals surface area contributed by atoms with Crippen LogP contribution in [0.3, 0.4) is 0 Å². The molecule has 9 heteroatoms. The normalized spacial score (nSPS) is 16.3. The number of anilines is 1. The highest BCUT2D eigenvalue weighted by atomic mass is 35.5. The highest BCUT2D eigenvalue weighted by molar-refractivity contribution is 7.96. The summed E-state index contributed by atoms with van der Waals surface area (Å²) >= 11 is 6.71. The maximum atomic E-state index is 12.3. The summed E-state index contributed by atoms with van der Waals surface area (Å²) in [5.74, 6) is -0.539. The van der Waals surface area contributed by atoms with Crippen molar-refractivity contribution in [3.05, 3.63) is 63.7 Å². The second-order valence-electron chi connectivity index (χ2n) is 9.46. The molecule has 0 saturated heterocycles. The number of amides is 1. The van der Waals surface area contributed by atoms with Gasteiger partial charge < -0.3 is 15.8 Å². The van der Waals surface area contributed by atoms with Crippen LogP contribution in [0.4, 0.5) is 5.69 Å². The van der Waals surface area contributed by atoms with Gasteiger partial charge in [-0.1, -0.05) is 30.3 Å². The third-order valence-corrected chi connectivity index (χ3v) is 8.26. The summed E-state index contributed by atoms with van der Waals surface area (Å²) in [6, 6.07) is 8.46. The number of hydrogen-bond donors (Lipinski definition) is 4. The molecular formula is C25H28ClN3O4S. The lowest BCUT2D eigenvalue weighted by atomic mass is 9.77. The van der Waals surface area contributed by atoms with Gasteiger partial charge in [-0.25, -0.2) is 8.42 Å². The molecule has 180 valence electrons. The number of halogens is 1. The molecule has 0 spiro atoms. The van der Waals surface area contributed by atoms with E-state index in [-0.39, 0.29) is 16.4 Å². The number of aromatic nitrogens is 1. The molecule has 1 aliphatic rings. The number of aryl methyl sites for hydroxylation is 1. The maximum absolute atomic E-state index is 12.3. The van der Waals surface area contributed by atoms with Crippen molar-refractivity contribution in [3.8, 4) is 11.1 Å². The van der Waals surface area contributed by atoms with E-state index in [1.54, 1.807) is 38.1 Å². The van der Waals surface area contributed by atoms with Gasteiger partial charge in [-0.05, 0) is 75.3 Å². The van der Waals surface area contributed by atoms with Crippen molar-refractivity contribution in [3.63, 3.8) is 0 Å². The molecule has 1 aromatic heterocycles. The number of rotatable bonds is 6. The SMILES string of the molecule is C=C(C)S(=O)(=O)Nc1cccc(-c2c(Cl)cc(C(N)=O)c3[nH]c4c(c23)CC[C@@H](C(C)(C)O)C4)c1. The number of carbonyl (C=O) groups is 1. The van der Waals surface area contributed by atoms with Crippen LogP contribution >= 0.6 is 11.6 Å². The number of aliphatic hydroxyl groups is 1. The molecule has 5 N–H and O–H groups in total. The lowest BCUT2D eigenvalue weighted by molar-refractivity contribution is 0.0107. The van der Waals surface area contributed by atoms with E-state index in [4.69, 9.17) is 17.3 Å². The van der Waals surface area contributed by atoms with Crippen LogP contribution < -0.4 is 10.5 Å². The van der Waals surface area contributed by atoms with Crippen molar-refractivity contribution >= 4 is 44.1 Å². The van der Waals surface area contributed by atoms with E-state index in [2.05, 4.69) is 16.3 Å². The minimum absolute atomic E-state index is 0.00482. The van der Waals surface area contributed by atoms with E-state index in [0.717, 1.165) is 23.1 Å². The maximum Gasteiger partial charge on any atom is 0.257 e. The zero-order valence-corrected chi connectivity index (χ0v) is 20.9. The first-order chi connectivity index (χ1) is 15.8. The van der Waals surface area contributed by atoms with Gasteiger partial charge in [-0.3, -0.25) is 9.52 Å². The summed E-state index contributed by atoms with van der Waals surface area (Å²) in [5.41, 5.74) is 9.45. The van der Waals surface area contributed by atoms with Gasteiger partial charge in [0.25, 0.3) is 15.9 Å². The molecule has 3 aromatic rings. The Hall–Kier alpha value is -2.81. The molecule has 1 amide bonds. The molecule has 0 radical (unpaired) electrons. The monoisotopic (exact) mass is 501 g/mol. The summed E-state index contributed by atoms with van der Waals surface area (Å²) in [7, 11) is -3.71. The lowest BCUT2D eigenvalue weighted by Crippen LogP contribution is -2.34. The lowest BCUT2D eigenvalue weighted by Gasteiger charge is -2.32. The van der Waals surface area contributed by atoms with Gasteiger partial charge in [0.2, 0.25) is 0 Å².